The summed E-state index contributed by atoms with van der Waals surface area (Å²) < 4.78 is 10.7. The average Bonchev–Trinajstić information content (AvgIpc) is 2.46. The molecule has 0 radical (unpaired) electrons. The van der Waals surface area contributed by atoms with Crippen LogP contribution >= 0.6 is 12.6 Å². The first kappa shape index (κ1) is 17.2. The molecule has 0 bridgehead atoms. The van der Waals surface area contributed by atoms with E-state index in [1.807, 2.05) is 32.0 Å². The van der Waals surface area contributed by atoms with E-state index in [1.165, 1.54) is 5.56 Å². The second-order valence-electron chi connectivity index (χ2n) is 4.38. The molecule has 0 saturated carbocycles. The summed E-state index contributed by atoms with van der Waals surface area (Å²) in [6.07, 6.45) is 0. The van der Waals surface area contributed by atoms with Crippen molar-refractivity contribution in [3.63, 3.8) is 0 Å². The zero-order valence-electron chi connectivity index (χ0n) is 12.8. The van der Waals surface area contributed by atoms with Crippen LogP contribution in [0.3, 0.4) is 0 Å². The molecule has 0 fully saturated rings. The molecule has 0 amide bonds. The van der Waals surface area contributed by atoms with Crippen molar-refractivity contribution in [2.45, 2.75) is 25.7 Å². The van der Waals surface area contributed by atoms with Gasteiger partial charge in [-0.05, 0) is 26.8 Å². The van der Waals surface area contributed by atoms with Crippen molar-refractivity contribution in [2.24, 2.45) is 0 Å². The van der Waals surface area contributed by atoms with Crippen LogP contribution in [0.15, 0.2) is 47.4 Å². The highest BCUT2D eigenvalue weighted by Gasteiger charge is 2.06. The minimum atomic E-state index is 0.577. The molecule has 0 aliphatic heterocycles. The molecule has 2 rings (SSSR count). The van der Waals surface area contributed by atoms with Gasteiger partial charge in [-0.3, -0.25) is 0 Å². The molecule has 0 unspecified atom stereocenters. The molecular formula is C17H23NO2S. The summed E-state index contributed by atoms with van der Waals surface area (Å²) in [7, 11) is 0. The van der Waals surface area contributed by atoms with Crippen LogP contribution in [0, 0.1) is 6.92 Å². The molecule has 0 heterocycles. The maximum absolute atomic E-state index is 5.77. The van der Waals surface area contributed by atoms with Crippen molar-refractivity contribution in [1.82, 2.24) is 0 Å². The normalized spacial score (nSPS) is 9.52. The number of ether oxygens (including phenoxy) is 2. The summed E-state index contributed by atoms with van der Waals surface area (Å²) in [5.41, 5.74) is 7.67. The zero-order chi connectivity index (χ0) is 15.7. The van der Waals surface area contributed by atoms with Gasteiger partial charge in [0.2, 0.25) is 0 Å². The molecule has 0 aliphatic rings. The molecule has 21 heavy (non-hydrogen) atoms. The van der Waals surface area contributed by atoms with E-state index in [4.69, 9.17) is 15.2 Å². The maximum Gasteiger partial charge on any atom is 0.143 e. The van der Waals surface area contributed by atoms with Crippen LogP contribution in [0.25, 0.3) is 0 Å². The van der Waals surface area contributed by atoms with Crippen LogP contribution in [0.2, 0.25) is 0 Å². The zero-order valence-corrected chi connectivity index (χ0v) is 13.7. The van der Waals surface area contributed by atoms with Crippen molar-refractivity contribution in [3.05, 3.63) is 48.0 Å². The van der Waals surface area contributed by atoms with E-state index >= 15 is 0 Å². The molecule has 4 heteroatoms. The summed E-state index contributed by atoms with van der Waals surface area (Å²) >= 11 is 4.28. The number of benzene rings is 2. The van der Waals surface area contributed by atoms with Gasteiger partial charge in [0.05, 0.1) is 23.8 Å². The molecule has 0 atom stereocenters. The molecule has 3 nitrogen and oxygen atoms in total. The first-order valence-electron chi connectivity index (χ1n) is 6.98. The lowest BCUT2D eigenvalue weighted by atomic mass is 10.2. The topological polar surface area (TPSA) is 44.5 Å². The Hall–Kier alpha value is -1.81. The highest BCUT2D eigenvalue weighted by molar-refractivity contribution is 7.80. The summed E-state index contributed by atoms with van der Waals surface area (Å²) in [4.78, 5) is 0.740. The number of rotatable bonds is 4. The second-order valence-corrected chi connectivity index (χ2v) is 4.86. The van der Waals surface area contributed by atoms with E-state index in [0.29, 0.717) is 30.4 Å². The lowest BCUT2D eigenvalue weighted by molar-refractivity contribution is 0.325. The summed E-state index contributed by atoms with van der Waals surface area (Å²) in [6.45, 7) is 7.10. The molecule has 0 spiro atoms. The van der Waals surface area contributed by atoms with E-state index < -0.39 is 0 Å². The lowest BCUT2D eigenvalue weighted by Crippen LogP contribution is -1.99. The first-order chi connectivity index (χ1) is 10.1. The van der Waals surface area contributed by atoms with E-state index in [2.05, 4.69) is 31.7 Å². The Morgan fingerprint density at radius 2 is 1.52 bits per heavy atom. The van der Waals surface area contributed by atoms with Crippen LogP contribution in [-0.2, 0) is 0 Å². The van der Waals surface area contributed by atoms with Crippen molar-refractivity contribution in [2.75, 3.05) is 18.9 Å². The Labute approximate surface area is 132 Å². The highest BCUT2D eigenvalue weighted by atomic mass is 32.1. The third-order valence-electron chi connectivity index (χ3n) is 2.63. The minimum Gasteiger partial charge on any atom is -0.493 e. The quantitative estimate of drug-likeness (QED) is 0.652. The van der Waals surface area contributed by atoms with Gasteiger partial charge in [-0.25, -0.2) is 0 Å². The van der Waals surface area contributed by atoms with Gasteiger partial charge in [0.15, 0.2) is 0 Å². The van der Waals surface area contributed by atoms with Crippen LogP contribution in [0.5, 0.6) is 11.5 Å². The van der Waals surface area contributed by atoms with Gasteiger partial charge in [-0.15, -0.1) is 12.6 Å². The first-order valence-corrected chi connectivity index (χ1v) is 7.42. The highest BCUT2D eigenvalue weighted by Crippen LogP contribution is 2.33. The Kier molecular flexibility index (Phi) is 7.54. The Balaban J connectivity index is 0.000000262. The Morgan fingerprint density at radius 1 is 0.952 bits per heavy atom. The molecular weight excluding hydrogens is 282 g/mol. The van der Waals surface area contributed by atoms with Crippen molar-refractivity contribution in [1.29, 1.82) is 0 Å². The van der Waals surface area contributed by atoms with Crippen molar-refractivity contribution < 1.29 is 9.47 Å². The fourth-order valence-electron chi connectivity index (χ4n) is 1.65. The maximum atomic E-state index is 5.77. The van der Waals surface area contributed by atoms with E-state index in [1.54, 1.807) is 12.1 Å². The smallest absolute Gasteiger partial charge is 0.143 e. The number of hydrogen-bond donors (Lipinski definition) is 2. The van der Waals surface area contributed by atoms with Crippen LogP contribution in [-0.4, -0.2) is 13.2 Å². The number of hydrogen-bond acceptors (Lipinski definition) is 4. The van der Waals surface area contributed by atoms with Gasteiger partial charge in [0, 0.05) is 6.07 Å². The van der Waals surface area contributed by atoms with Gasteiger partial charge >= 0.3 is 0 Å². The molecule has 2 aromatic carbocycles. The third-order valence-corrected chi connectivity index (χ3v) is 2.98. The molecule has 2 N–H and O–H groups in total. The van der Waals surface area contributed by atoms with Gasteiger partial charge < -0.3 is 15.2 Å². The minimum absolute atomic E-state index is 0.577. The average molecular weight is 305 g/mol. The predicted molar refractivity (Wildman–Crippen MR) is 91.6 cm³/mol. The SMILES string of the molecule is CCOc1cc(S)c(OCC)cc1N.Cc1ccccc1. The van der Waals surface area contributed by atoms with Crippen LogP contribution in [0.4, 0.5) is 5.69 Å². The number of nitrogen functional groups attached to an aromatic ring is 1. The summed E-state index contributed by atoms with van der Waals surface area (Å²) in [5.74, 6) is 1.35. The van der Waals surface area contributed by atoms with Gasteiger partial charge in [-0.1, -0.05) is 35.9 Å². The summed E-state index contributed by atoms with van der Waals surface area (Å²) in [6, 6.07) is 13.8. The molecule has 114 valence electrons. The van der Waals surface area contributed by atoms with Gasteiger partial charge in [0.1, 0.15) is 11.5 Å². The Morgan fingerprint density at radius 3 is 2.00 bits per heavy atom. The number of thiol groups is 1. The van der Waals surface area contributed by atoms with Crippen LogP contribution in [0.1, 0.15) is 19.4 Å². The fourth-order valence-corrected chi connectivity index (χ4v) is 1.90. The number of aryl methyl sites for hydroxylation is 1. The third kappa shape index (κ3) is 6.00. The lowest BCUT2D eigenvalue weighted by Gasteiger charge is -2.11. The largest absolute Gasteiger partial charge is 0.493 e. The van der Waals surface area contributed by atoms with Crippen molar-refractivity contribution in [3.8, 4) is 11.5 Å². The summed E-state index contributed by atoms with van der Waals surface area (Å²) in [5, 5.41) is 0. The molecule has 2 aromatic rings. The van der Waals surface area contributed by atoms with Crippen LogP contribution < -0.4 is 15.2 Å². The van der Waals surface area contributed by atoms with E-state index in [9.17, 15) is 0 Å². The molecule has 0 aromatic heterocycles. The van der Waals surface area contributed by atoms with Gasteiger partial charge in [0.25, 0.3) is 0 Å². The Bertz CT molecular complexity index is 512. The number of anilines is 1. The standard InChI is InChI=1S/C10H15NO2S.C7H8/c1-3-12-8-6-10(14)9(13-4-2)5-7(8)11;1-7-5-3-2-4-6-7/h5-6,14H,3-4,11H2,1-2H3;2-6H,1H3. The predicted octanol–water partition coefficient (Wildman–Crippen LogP) is 4.35. The molecule has 0 saturated heterocycles. The van der Waals surface area contributed by atoms with Crippen molar-refractivity contribution >= 4 is 18.3 Å². The monoisotopic (exact) mass is 305 g/mol. The second kappa shape index (κ2) is 9.19. The number of nitrogens with two attached hydrogens (primary N) is 1. The fraction of sp³-hybridized carbons (Fsp3) is 0.294. The van der Waals surface area contributed by atoms with E-state index in [0.717, 1.165) is 4.90 Å². The van der Waals surface area contributed by atoms with Gasteiger partial charge in [-0.2, -0.15) is 0 Å². The molecule has 0 aliphatic carbocycles. The van der Waals surface area contributed by atoms with E-state index in [-0.39, 0.29) is 0 Å².